The average molecular weight is 343 g/mol. The Kier molecular flexibility index (Phi) is 7.26. The molecule has 0 spiro atoms. The first-order valence-electron chi connectivity index (χ1n) is 8.73. The molecule has 1 aromatic rings. The monoisotopic (exact) mass is 343 g/mol. The number of nitrogens with zero attached hydrogens (tertiary/aromatic N) is 1. The molecule has 1 atom stereocenters. The lowest BCUT2D eigenvalue weighted by Crippen LogP contribution is -2.28. The molecule has 1 aliphatic heterocycles. The van der Waals surface area contributed by atoms with Crippen molar-refractivity contribution in [3.63, 3.8) is 0 Å². The molecule has 0 radical (unpaired) electrons. The standard InChI is InChI=1S/C20H25NO4/c1-3-5-9-16-12-13-21(15-17(16)14-19(22)24-4-2)20(23)25-18-10-7-6-8-11-18/h6-8,10-13,15-16H,3-5,9,14H2,1-2H3. The van der Waals surface area contributed by atoms with Gasteiger partial charge >= 0.3 is 12.1 Å². The van der Waals surface area contributed by atoms with E-state index in [1.807, 2.05) is 12.1 Å². The molecule has 5 nitrogen and oxygen atoms in total. The van der Waals surface area contributed by atoms with Crippen LogP contribution in [-0.4, -0.2) is 23.6 Å². The number of esters is 1. The molecule has 0 fully saturated rings. The number of amides is 1. The number of hydrogen-bond acceptors (Lipinski definition) is 4. The van der Waals surface area contributed by atoms with Gasteiger partial charge in [0.2, 0.25) is 0 Å². The van der Waals surface area contributed by atoms with Crippen LogP contribution in [0.1, 0.15) is 39.5 Å². The zero-order chi connectivity index (χ0) is 18.1. The summed E-state index contributed by atoms with van der Waals surface area (Å²) in [5.74, 6) is 0.349. The van der Waals surface area contributed by atoms with Crippen molar-refractivity contribution < 1.29 is 19.1 Å². The summed E-state index contributed by atoms with van der Waals surface area (Å²) in [7, 11) is 0. The second-order valence-corrected chi connectivity index (χ2v) is 5.86. The first-order chi connectivity index (χ1) is 12.1. The lowest BCUT2D eigenvalue weighted by Gasteiger charge is -2.25. The van der Waals surface area contributed by atoms with Crippen LogP contribution in [0.4, 0.5) is 4.79 Å². The van der Waals surface area contributed by atoms with E-state index in [9.17, 15) is 9.59 Å². The summed E-state index contributed by atoms with van der Waals surface area (Å²) in [6, 6.07) is 8.90. The van der Waals surface area contributed by atoms with E-state index in [0.29, 0.717) is 12.4 Å². The number of carbonyl (C=O) groups is 2. The number of allylic oxidation sites excluding steroid dienone is 1. The Morgan fingerprint density at radius 2 is 1.92 bits per heavy atom. The van der Waals surface area contributed by atoms with E-state index in [1.54, 1.807) is 43.6 Å². The maximum absolute atomic E-state index is 12.3. The molecule has 0 aliphatic carbocycles. The van der Waals surface area contributed by atoms with Crippen molar-refractivity contribution in [3.05, 3.63) is 54.4 Å². The van der Waals surface area contributed by atoms with Gasteiger partial charge in [0.15, 0.2) is 0 Å². The Balaban J connectivity index is 2.09. The lowest BCUT2D eigenvalue weighted by atomic mass is 9.90. The summed E-state index contributed by atoms with van der Waals surface area (Å²) in [5, 5.41) is 0. The number of unbranched alkanes of at least 4 members (excludes halogenated alkanes) is 1. The third kappa shape index (κ3) is 5.78. The SMILES string of the molecule is CCCCC1C=CN(C(=O)Oc2ccccc2)C=C1CC(=O)OCC. The van der Waals surface area contributed by atoms with Crippen LogP contribution in [0, 0.1) is 5.92 Å². The predicted molar refractivity (Wildman–Crippen MR) is 95.8 cm³/mol. The molecule has 0 saturated carbocycles. The normalized spacial score (nSPS) is 16.3. The van der Waals surface area contributed by atoms with Gasteiger partial charge in [-0.15, -0.1) is 0 Å². The van der Waals surface area contributed by atoms with Crippen molar-refractivity contribution in [1.29, 1.82) is 0 Å². The van der Waals surface area contributed by atoms with E-state index in [1.165, 1.54) is 4.90 Å². The fourth-order valence-corrected chi connectivity index (χ4v) is 2.65. The fraction of sp³-hybridized carbons (Fsp3) is 0.400. The summed E-state index contributed by atoms with van der Waals surface area (Å²) >= 11 is 0. The van der Waals surface area contributed by atoms with E-state index < -0.39 is 6.09 Å². The molecule has 134 valence electrons. The Morgan fingerprint density at radius 3 is 2.60 bits per heavy atom. The highest BCUT2D eigenvalue weighted by Crippen LogP contribution is 2.28. The van der Waals surface area contributed by atoms with Gasteiger partial charge in [-0.25, -0.2) is 4.79 Å². The van der Waals surface area contributed by atoms with Crippen LogP contribution in [0.2, 0.25) is 0 Å². The minimum absolute atomic E-state index is 0.144. The summed E-state index contributed by atoms with van der Waals surface area (Å²) in [6.07, 6.45) is 8.12. The van der Waals surface area contributed by atoms with Crippen LogP contribution in [0.15, 0.2) is 54.4 Å². The van der Waals surface area contributed by atoms with Gasteiger partial charge in [-0.3, -0.25) is 9.69 Å². The third-order valence-corrected chi connectivity index (χ3v) is 3.94. The molecule has 1 aliphatic rings. The molecule has 1 aromatic carbocycles. The summed E-state index contributed by atoms with van der Waals surface area (Å²) in [6.45, 7) is 4.26. The second kappa shape index (κ2) is 9.67. The molecule has 0 N–H and O–H groups in total. The predicted octanol–water partition coefficient (Wildman–Crippen LogP) is 4.66. The van der Waals surface area contributed by atoms with Gasteiger partial charge < -0.3 is 9.47 Å². The number of hydrogen-bond donors (Lipinski definition) is 0. The highest BCUT2D eigenvalue weighted by molar-refractivity contribution is 5.75. The molecular formula is C20H25NO4. The van der Waals surface area contributed by atoms with Gasteiger partial charge in [0.1, 0.15) is 5.75 Å². The van der Waals surface area contributed by atoms with E-state index in [0.717, 1.165) is 24.8 Å². The quantitative estimate of drug-likeness (QED) is 0.676. The maximum atomic E-state index is 12.3. The first-order valence-corrected chi connectivity index (χ1v) is 8.73. The molecule has 1 heterocycles. The summed E-state index contributed by atoms with van der Waals surface area (Å²) < 4.78 is 10.4. The first kappa shape index (κ1) is 18.8. The highest BCUT2D eigenvalue weighted by atomic mass is 16.6. The molecule has 0 saturated heterocycles. The van der Waals surface area contributed by atoms with Gasteiger partial charge in [0, 0.05) is 18.3 Å². The van der Waals surface area contributed by atoms with E-state index in [2.05, 4.69) is 6.92 Å². The summed E-state index contributed by atoms with van der Waals surface area (Å²) in [5.41, 5.74) is 0.874. The lowest BCUT2D eigenvalue weighted by molar-refractivity contribution is -0.142. The van der Waals surface area contributed by atoms with Gasteiger partial charge in [0.25, 0.3) is 0 Å². The fourth-order valence-electron chi connectivity index (χ4n) is 2.65. The maximum Gasteiger partial charge on any atom is 0.423 e. The number of carbonyl (C=O) groups excluding carboxylic acids is 2. The van der Waals surface area contributed by atoms with Gasteiger partial charge in [-0.2, -0.15) is 0 Å². The molecule has 1 amide bonds. The van der Waals surface area contributed by atoms with Gasteiger partial charge in [-0.05, 0) is 31.1 Å². The molecule has 2 rings (SSSR count). The van der Waals surface area contributed by atoms with Crippen LogP contribution in [0.3, 0.4) is 0 Å². The molecular weight excluding hydrogens is 318 g/mol. The van der Waals surface area contributed by atoms with Gasteiger partial charge in [0.05, 0.1) is 13.0 Å². The number of ether oxygens (including phenoxy) is 2. The number of benzene rings is 1. The molecule has 0 bridgehead atoms. The Labute approximate surface area is 148 Å². The number of para-hydroxylation sites is 1. The summed E-state index contributed by atoms with van der Waals surface area (Å²) in [4.78, 5) is 25.6. The van der Waals surface area contributed by atoms with Crippen molar-refractivity contribution >= 4 is 12.1 Å². The zero-order valence-corrected chi connectivity index (χ0v) is 14.8. The van der Waals surface area contributed by atoms with Crippen molar-refractivity contribution in [2.24, 2.45) is 5.92 Å². The van der Waals surface area contributed by atoms with Crippen LogP contribution in [-0.2, 0) is 9.53 Å². The van der Waals surface area contributed by atoms with Crippen LogP contribution >= 0.6 is 0 Å². The van der Waals surface area contributed by atoms with Crippen LogP contribution in [0.25, 0.3) is 0 Å². The average Bonchev–Trinajstić information content (AvgIpc) is 2.61. The van der Waals surface area contributed by atoms with E-state index >= 15 is 0 Å². The third-order valence-electron chi connectivity index (χ3n) is 3.94. The van der Waals surface area contributed by atoms with E-state index in [-0.39, 0.29) is 18.3 Å². The largest absolute Gasteiger partial charge is 0.466 e. The van der Waals surface area contributed by atoms with Gasteiger partial charge in [-0.1, -0.05) is 44.0 Å². The molecule has 0 aromatic heterocycles. The van der Waals surface area contributed by atoms with Crippen molar-refractivity contribution in [1.82, 2.24) is 4.90 Å². The number of rotatable bonds is 7. The molecule has 5 heteroatoms. The Hall–Kier alpha value is -2.56. The minimum Gasteiger partial charge on any atom is -0.466 e. The van der Waals surface area contributed by atoms with Crippen molar-refractivity contribution in [2.45, 2.75) is 39.5 Å². The highest BCUT2D eigenvalue weighted by Gasteiger charge is 2.23. The van der Waals surface area contributed by atoms with E-state index in [4.69, 9.17) is 9.47 Å². The Morgan fingerprint density at radius 1 is 1.16 bits per heavy atom. The smallest absolute Gasteiger partial charge is 0.423 e. The van der Waals surface area contributed by atoms with Crippen LogP contribution < -0.4 is 4.74 Å². The van der Waals surface area contributed by atoms with Crippen LogP contribution in [0.5, 0.6) is 5.75 Å². The minimum atomic E-state index is -0.502. The molecule has 25 heavy (non-hydrogen) atoms. The van der Waals surface area contributed by atoms with Crippen molar-refractivity contribution in [3.8, 4) is 5.75 Å². The van der Waals surface area contributed by atoms with Crippen molar-refractivity contribution in [2.75, 3.05) is 6.61 Å². The zero-order valence-electron chi connectivity index (χ0n) is 14.8. The topological polar surface area (TPSA) is 55.8 Å². The molecule has 1 unspecified atom stereocenters. The second-order valence-electron chi connectivity index (χ2n) is 5.86. The Bertz CT molecular complexity index is 636.